The normalized spacial score (nSPS) is 23.6. The first-order chi connectivity index (χ1) is 5.37. The number of hydrogen-bond donors (Lipinski definition) is 3. The zero-order valence-corrected chi connectivity index (χ0v) is 7.89. The average Bonchev–Trinajstić information content (AvgIpc) is 2.64. The molecule has 0 aliphatic heterocycles. The fraction of sp³-hybridized carbons (Fsp3) is 1.00. The molecule has 1 saturated carbocycles. The summed E-state index contributed by atoms with van der Waals surface area (Å²) in [6.45, 7) is 2.07. The van der Waals surface area contributed by atoms with Crippen molar-refractivity contribution in [1.29, 1.82) is 0 Å². The Labute approximate surface area is 72.7 Å². The summed E-state index contributed by atoms with van der Waals surface area (Å²) in [7, 11) is -3.63. The van der Waals surface area contributed by atoms with Gasteiger partial charge in [-0.3, -0.25) is 0 Å². The highest BCUT2D eigenvalue weighted by Crippen LogP contribution is 2.39. The van der Waals surface area contributed by atoms with Crippen molar-refractivity contribution in [2.75, 3.05) is 6.54 Å². The monoisotopic (exact) mass is 193 g/mol. The fourth-order valence-electron chi connectivity index (χ4n) is 1.34. The smallest absolute Gasteiger partial charge is 0.274 e. The third kappa shape index (κ3) is 2.41. The van der Waals surface area contributed by atoms with Gasteiger partial charge in [-0.1, -0.05) is 0 Å². The third-order valence-corrected chi connectivity index (χ3v) is 3.03. The van der Waals surface area contributed by atoms with Gasteiger partial charge in [-0.05, 0) is 25.7 Å². The van der Waals surface area contributed by atoms with Gasteiger partial charge >= 0.3 is 0 Å². The third-order valence-electron chi connectivity index (χ3n) is 2.28. The Bertz CT molecular complexity index is 260. The number of nitrogens with one attached hydrogen (secondary N) is 1. The Hall–Kier alpha value is -0.170. The quantitative estimate of drug-likeness (QED) is 0.529. The van der Waals surface area contributed by atoms with Crippen molar-refractivity contribution < 1.29 is 8.42 Å². The van der Waals surface area contributed by atoms with Gasteiger partial charge in [0.05, 0.1) is 0 Å². The van der Waals surface area contributed by atoms with E-state index >= 15 is 0 Å². The number of nitrogens with two attached hydrogens (primary N) is 2. The summed E-state index contributed by atoms with van der Waals surface area (Å²) in [5.41, 5.74) is 4.92. The van der Waals surface area contributed by atoms with Gasteiger partial charge < -0.3 is 5.73 Å². The molecule has 6 heteroatoms. The second-order valence-corrected chi connectivity index (χ2v) is 4.84. The summed E-state index contributed by atoms with van der Waals surface area (Å²) in [4.78, 5) is 0. The molecule has 1 rings (SSSR count). The molecule has 0 amide bonds. The topological polar surface area (TPSA) is 98.2 Å². The predicted molar refractivity (Wildman–Crippen MR) is 46.4 cm³/mol. The SMILES string of the molecule is CC(CN)(NS(N)(=O)=O)C1CC1. The minimum atomic E-state index is -3.63. The standard InChI is InChI=1S/C6H15N3O2S/c1-6(4-7,5-2-3-5)9-12(8,10)11/h5,9H,2-4,7H2,1H3,(H2,8,10,11). The van der Waals surface area contributed by atoms with E-state index in [1.165, 1.54) is 0 Å². The lowest BCUT2D eigenvalue weighted by atomic mass is 9.98. The van der Waals surface area contributed by atoms with E-state index in [0.29, 0.717) is 5.92 Å². The fourth-order valence-corrected chi connectivity index (χ4v) is 2.24. The zero-order valence-electron chi connectivity index (χ0n) is 7.08. The van der Waals surface area contributed by atoms with Crippen molar-refractivity contribution in [3.63, 3.8) is 0 Å². The van der Waals surface area contributed by atoms with Crippen molar-refractivity contribution in [1.82, 2.24) is 4.72 Å². The van der Waals surface area contributed by atoms with E-state index in [1.807, 2.05) is 0 Å². The molecule has 5 nitrogen and oxygen atoms in total. The van der Waals surface area contributed by atoms with Crippen LogP contribution in [0.1, 0.15) is 19.8 Å². The molecule has 1 unspecified atom stereocenters. The summed E-state index contributed by atoms with van der Waals surface area (Å²) in [6.07, 6.45) is 2.05. The van der Waals surface area contributed by atoms with Gasteiger partial charge in [-0.25, -0.2) is 5.14 Å². The molecule has 0 saturated heterocycles. The first-order valence-electron chi connectivity index (χ1n) is 3.89. The van der Waals surface area contributed by atoms with Crippen molar-refractivity contribution in [3.8, 4) is 0 Å². The Balaban J connectivity index is 2.67. The first-order valence-corrected chi connectivity index (χ1v) is 5.44. The molecule has 0 radical (unpaired) electrons. The van der Waals surface area contributed by atoms with Gasteiger partial charge in [0.25, 0.3) is 10.2 Å². The van der Waals surface area contributed by atoms with Crippen LogP contribution in [0.4, 0.5) is 0 Å². The van der Waals surface area contributed by atoms with Crippen molar-refractivity contribution in [3.05, 3.63) is 0 Å². The van der Waals surface area contributed by atoms with Gasteiger partial charge in [-0.15, -0.1) is 0 Å². The highest BCUT2D eigenvalue weighted by molar-refractivity contribution is 7.87. The summed E-state index contributed by atoms with van der Waals surface area (Å²) in [6, 6.07) is 0. The first kappa shape index (κ1) is 9.91. The van der Waals surface area contributed by atoms with Crippen molar-refractivity contribution >= 4 is 10.2 Å². The van der Waals surface area contributed by atoms with E-state index in [1.54, 1.807) is 6.92 Å². The van der Waals surface area contributed by atoms with Crippen molar-refractivity contribution in [2.45, 2.75) is 25.3 Å². The van der Waals surface area contributed by atoms with Crippen LogP contribution in [0, 0.1) is 5.92 Å². The summed E-state index contributed by atoms with van der Waals surface area (Å²) in [5.74, 6) is 0.348. The molecular formula is C6H15N3O2S. The minimum Gasteiger partial charge on any atom is -0.329 e. The Kier molecular flexibility index (Phi) is 2.44. The van der Waals surface area contributed by atoms with Crippen molar-refractivity contribution in [2.24, 2.45) is 16.8 Å². The molecule has 1 atom stereocenters. The number of rotatable bonds is 4. The maximum atomic E-state index is 10.7. The minimum absolute atomic E-state index is 0.286. The van der Waals surface area contributed by atoms with Crippen LogP contribution in [0.5, 0.6) is 0 Å². The van der Waals surface area contributed by atoms with Gasteiger partial charge in [0.1, 0.15) is 0 Å². The van der Waals surface area contributed by atoms with Crippen LogP contribution in [-0.2, 0) is 10.2 Å². The van der Waals surface area contributed by atoms with E-state index in [4.69, 9.17) is 10.9 Å². The lowest BCUT2D eigenvalue weighted by Gasteiger charge is -2.27. The van der Waals surface area contributed by atoms with Gasteiger partial charge in [0.15, 0.2) is 0 Å². The molecule has 0 aromatic rings. The van der Waals surface area contributed by atoms with Gasteiger partial charge in [0.2, 0.25) is 0 Å². The van der Waals surface area contributed by atoms with Crippen LogP contribution in [0.25, 0.3) is 0 Å². The molecular weight excluding hydrogens is 178 g/mol. The molecule has 1 fully saturated rings. The van der Waals surface area contributed by atoms with Gasteiger partial charge in [0, 0.05) is 12.1 Å². The highest BCUT2D eigenvalue weighted by atomic mass is 32.2. The molecule has 1 aliphatic rings. The largest absolute Gasteiger partial charge is 0.329 e. The Morgan fingerprint density at radius 2 is 2.08 bits per heavy atom. The second-order valence-electron chi connectivity index (χ2n) is 3.54. The van der Waals surface area contributed by atoms with Crippen LogP contribution < -0.4 is 15.6 Å². The van der Waals surface area contributed by atoms with Crippen LogP contribution >= 0.6 is 0 Å². The second kappa shape index (κ2) is 2.95. The van der Waals surface area contributed by atoms with Gasteiger partial charge in [-0.2, -0.15) is 13.1 Å². The number of hydrogen-bond acceptors (Lipinski definition) is 3. The van der Waals surface area contributed by atoms with E-state index < -0.39 is 15.7 Å². The molecule has 0 aromatic heterocycles. The molecule has 0 aromatic carbocycles. The lowest BCUT2D eigenvalue weighted by molar-refractivity contribution is 0.374. The molecule has 0 heterocycles. The molecule has 1 aliphatic carbocycles. The van der Waals surface area contributed by atoms with Crippen LogP contribution in [0.2, 0.25) is 0 Å². The maximum Gasteiger partial charge on any atom is 0.274 e. The summed E-state index contributed by atoms with van der Waals surface area (Å²) >= 11 is 0. The summed E-state index contributed by atoms with van der Waals surface area (Å²) in [5, 5.41) is 4.87. The van der Waals surface area contributed by atoms with E-state index in [-0.39, 0.29) is 6.54 Å². The lowest BCUT2D eigenvalue weighted by Crippen LogP contribution is -2.54. The predicted octanol–water partition coefficient (Wildman–Crippen LogP) is -1.09. The summed E-state index contributed by atoms with van der Waals surface area (Å²) < 4.78 is 23.9. The van der Waals surface area contributed by atoms with E-state index in [9.17, 15) is 8.42 Å². The van der Waals surface area contributed by atoms with Crippen LogP contribution in [0.3, 0.4) is 0 Å². The highest BCUT2D eigenvalue weighted by Gasteiger charge is 2.42. The van der Waals surface area contributed by atoms with Crippen LogP contribution in [-0.4, -0.2) is 20.5 Å². The van der Waals surface area contributed by atoms with E-state index in [0.717, 1.165) is 12.8 Å². The molecule has 0 spiro atoms. The van der Waals surface area contributed by atoms with E-state index in [2.05, 4.69) is 4.72 Å². The Morgan fingerprint density at radius 1 is 1.58 bits per heavy atom. The molecule has 5 N–H and O–H groups in total. The molecule has 12 heavy (non-hydrogen) atoms. The molecule has 72 valence electrons. The zero-order chi connectivity index (χ0) is 9.41. The Morgan fingerprint density at radius 3 is 2.33 bits per heavy atom. The molecule has 0 bridgehead atoms. The maximum absolute atomic E-state index is 10.7. The average molecular weight is 193 g/mol. The van der Waals surface area contributed by atoms with Crippen LogP contribution in [0.15, 0.2) is 0 Å².